The predicted molar refractivity (Wildman–Crippen MR) is 137 cm³/mol. The molecule has 3 atom stereocenters. The van der Waals surface area contributed by atoms with E-state index in [1.807, 2.05) is 6.92 Å². The number of amides is 2. The number of pyridine rings is 1. The van der Waals surface area contributed by atoms with Gasteiger partial charge in [-0.2, -0.15) is 0 Å². The second-order valence-corrected chi connectivity index (χ2v) is 11.0. The van der Waals surface area contributed by atoms with E-state index in [-0.39, 0.29) is 41.9 Å². The average Bonchev–Trinajstić information content (AvgIpc) is 3.42. The van der Waals surface area contributed by atoms with Gasteiger partial charge in [-0.05, 0) is 49.7 Å². The van der Waals surface area contributed by atoms with Crippen LogP contribution >= 0.6 is 0 Å². The summed E-state index contributed by atoms with van der Waals surface area (Å²) in [6.45, 7) is 3.43. The summed E-state index contributed by atoms with van der Waals surface area (Å²) in [5.74, 6) is -0.198. The number of piperazine rings is 1. The molecule has 5 rings (SSSR count). The van der Waals surface area contributed by atoms with Gasteiger partial charge in [0.1, 0.15) is 4.90 Å². The van der Waals surface area contributed by atoms with Crippen LogP contribution in [0.2, 0.25) is 0 Å². The number of nitrogens with zero attached hydrogens (tertiary/aromatic N) is 3. The molecule has 1 unspecified atom stereocenters. The average molecular weight is 525 g/mol. The molecule has 0 aliphatic carbocycles. The van der Waals surface area contributed by atoms with Gasteiger partial charge in [0, 0.05) is 48.4 Å². The summed E-state index contributed by atoms with van der Waals surface area (Å²) in [5.41, 5.74) is 1.09. The summed E-state index contributed by atoms with van der Waals surface area (Å²) in [6.07, 6.45) is 1.31. The molecule has 2 aliphatic heterocycles. The largest absolute Gasteiger partial charge is 0.465 e. The van der Waals surface area contributed by atoms with Gasteiger partial charge in [0.2, 0.25) is 0 Å². The number of carbonyl (C=O) groups is 2. The van der Waals surface area contributed by atoms with Crippen molar-refractivity contribution in [2.75, 3.05) is 31.0 Å². The van der Waals surface area contributed by atoms with Gasteiger partial charge in [0.05, 0.1) is 24.2 Å². The lowest BCUT2D eigenvalue weighted by Gasteiger charge is -2.47. The molecule has 10 nitrogen and oxygen atoms in total. The van der Waals surface area contributed by atoms with Crippen LogP contribution in [-0.4, -0.2) is 78.7 Å². The standard InChI is InChI=1S/C26H28N4O6S/c1-17-24(20-11-15-36-16-20)30(26(32)33)14-13-29(17)25(31)19-7-9-21(10-8-19)28-37(34,35)22-6-2-4-18-5-3-12-27-23(18)22/h2-10,12,17,20,24,28H,11,13-16H2,1H3,(H,32,33)/t17?,20-,24+/m1/s1. The molecule has 2 amide bonds. The molecule has 2 saturated heterocycles. The van der Waals surface area contributed by atoms with Gasteiger partial charge in [-0.25, -0.2) is 13.2 Å². The van der Waals surface area contributed by atoms with Crippen molar-refractivity contribution in [1.29, 1.82) is 0 Å². The van der Waals surface area contributed by atoms with Crippen molar-refractivity contribution in [1.82, 2.24) is 14.8 Å². The van der Waals surface area contributed by atoms with Crippen LogP contribution in [0.5, 0.6) is 0 Å². The molecule has 2 N–H and O–H groups in total. The number of hydrogen-bond donors (Lipinski definition) is 2. The van der Waals surface area contributed by atoms with Crippen molar-refractivity contribution in [2.45, 2.75) is 30.3 Å². The van der Waals surface area contributed by atoms with E-state index in [2.05, 4.69) is 9.71 Å². The molecule has 0 spiro atoms. The van der Waals surface area contributed by atoms with Crippen molar-refractivity contribution in [3.63, 3.8) is 0 Å². The smallest absolute Gasteiger partial charge is 0.407 e. The summed E-state index contributed by atoms with van der Waals surface area (Å²) in [4.78, 5) is 32.7. The molecule has 2 fully saturated rings. The van der Waals surface area contributed by atoms with Crippen LogP contribution in [0.25, 0.3) is 10.9 Å². The van der Waals surface area contributed by atoms with Gasteiger partial charge < -0.3 is 19.6 Å². The molecule has 3 heterocycles. The molecule has 3 aromatic rings. The van der Waals surface area contributed by atoms with Crippen molar-refractivity contribution in [2.24, 2.45) is 5.92 Å². The third kappa shape index (κ3) is 4.84. The first kappa shape index (κ1) is 25.0. The summed E-state index contributed by atoms with van der Waals surface area (Å²) in [6, 6.07) is 14.1. The maximum absolute atomic E-state index is 13.4. The van der Waals surface area contributed by atoms with Gasteiger partial charge in [-0.1, -0.05) is 18.2 Å². The van der Waals surface area contributed by atoms with Crippen molar-refractivity contribution >= 4 is 38.6 Å². The third-order valence-corrected chi connectivity index (χ3v) is 8.56. The maximum atomic E-state index is 13.4. The van der Waals surface area contributed by atoms with Crippen molar-refractivity contribution in [3.8, 4) is 0 Å². The minimum Gasteiger partial charge on any atom is -0.465 e. The monoisotopic (exact) mass is 524 g/mol. The molecular weight excluding hydrogens is 496 g/mol. The van der Waals surface area contributed by atoms with E-state index in [0.29, 0.717) is 35.4 Å². The fourth-order valence-electron chi connectivity index (χ4n) is 5.34. The zero-order valence-corrected chi connectivity index (χ0v) is 21.1. The zero-order chi connectivity index (χ0) is 26.2. The second kappa shape index (κ2) is 9.98. The number of rotatable bonds is 5. The highest BCUT2D eigenvalue weighted by Crippen LogP contribution is 2.30. The number of hydrogen-bond acceptors (Lipinski definition) is 6. The summed E-state index contributed by atoms with van der Waals surface area (Å²) >= 11 is 0. The highest BCUT2D eigenvalue weighted by atomic mass is 32.2. The molecular formula is C26H28N4O6S. The summed E-state index contributed by atoms with van der Waals surface area (Å²) in [7, 11) is -3.91. The highest BCUT2D eigenvalue weighted by Gasteiger charge is 2.43. The Balaban J connectivity index is 1.33. The van der Waals surface area contributed by atoms with E-state index >= 15 is 0 Å². The number of anilines is 1. The van der Waals surface area contributed by atoms with Gasteiger partial charge in [-0.3, -0.25) is 14.5 Å². The van der Waals surface area contributed by atoms with E-state index < -0.39 is 16.1 Å². The number of aromatic nitrogens is 1. The van der Waals surface area contributed by atoms with Crippen molar-refractivity contribution in [3.05, 3.63) is 66.4 Å². The molecule has 11 heteroatoms. The Morgan fingerprint density at radius 3 is 2.49 bits per heavy atom. The molecule has 1 aromatic heterocycles. The Morgan fingerprint density at radius 1 is 1.05 bits per heavy atom. The molecule has 194 valence electrons. The molecule has 2 aromatic carbocycles. The quantitative estimate of drug-likeness (QED) is 0.524. The van der Waals surface area contributed by atoms with Gasteiger partial charge >= 0.3 is 6.09 Å². The first-order chi connectivity index (χ1) is 17.8. The number of fused-ring (bicyclic) bond motifs is 1. The maximum Gasteiger partial charge on any atom is 0.407 e. The van der Waals surface area contributed by atoms with Gasteiger partial charge in [-0.15, -0.1) is 0 Å². The van der Waals surface area contributed by atoms with Gasteiger partial charge in [0.25, 0.3) is 15.9 Å². The SMILES string of the molecule is CC1[C@@H]([C@@H]2CCOC2)N(C(=O)O)CCN1C(=O)c1ccc(NS(=O)(=O)c2cccc3cccnc23)cc1. The predicted octanol–water partition coefficient (Wildman–Crippen LogP) is 3.27. The van der Waals surface area contributed by atoms with E-state index in [1.54, 1.807) is 59.6 Å². The van der Waals surface area contributed by atoms with E-state index in [1.165, 1.54) is 11.0 Å². The topological polar surface area (TPSA) is 129 Å². The Kier molecular flexibility index (Phi) is 6.74. The molecule has 37 heavy (non-hydrogen) atoms. The Morgan fingerprint density at radius 2 is 1.78 bits per heavy atom. The lowest BCUT2D eigenvalue weighted by Crippen LogP contribution is -2.63. The fourth-order valence-corrected chi connectivity index (χ4v) is 6.58. The first-order valence-electron chi connectivity index (χ1n) is 12.1. The minimum atomic E-state index is -3.91. The Labute approximate surface area is 214 Å². The number of benzene rings is 2. The fraction of sp³-hybridized carbons (Fsp3) is 0.346. The number of carbonyl (C=O) groups excluding carboxylic acids is 1. The summed E-state index contributed by atoms with van der Waals surface area (Å²) < 4.78 is 34.2. The van der Waals surface area contributed by atoms with Crippen LogP contribution in [-0.2, 0) is 14.8 Å². The number of nitrogens with one attached hydrogen (secondary N) is 1. The first-order valence-corrected chi connectivity index (χ1v) is 13.6. The Bertz CT molecular complexity index is 1420. The van der Waals surface area contributed by atoms with Crippen LogP contribution in [0.1, 0.15) is 23.7 Å². The highest BCUT2D eigenvalue weighted by molar-refractivity contribution is 7.93. The van der Waals surface area contributed by atoms with E-state index in [9.17, 15) is 23.1 Å². The third-order valence-electron chi connectivity index (χ3n) is 7.15. The second-order valence-electron chi connectivity index (χ2n) is 9.34. The van der Waals surface area contributed by atoms with Crippen molar-refractivity contribution < 1.29 is 27.9 Å². The molecule has 0 bridgehead atoms. The molecule has 0 saturated carbocycles. The zero-order valence-electron chi connectivity index (χ0n) is 20.3. The van der Waals surface area contributed by atoms with Crippen LogP contribution < -0.4 is 4.72 Å². The number of para-hydroxylation sites is 1. The van der Waals surface area contributed by atoms with Crippen LogP contribution in [0.4, 0.5) is 10.5 Å². The minimum absolute atomic E-state index is 0.0297. The van der Waals surface area contributed by atoms with Gasteiger partial charge in [0.15, 0.2) is 0 Å². The lowest BCUT2D eigenvalue weighted by atomic mass is 9.89. The van der Waals surface area contributed by atoms with Crippen LogP contribution in [0.3, 0.4) is 0 Å². The molecule has 0 radical (unpaired) electrons. The normalized spacial score (nSPS) is 22.2. The summed E-state index contributed by atoms with van der Waals surface area (Å²) in [5, 5.41) is 10.4. The van der Waals surface area contributed by atoms with Crippen LogP contribution in [0.15, 0.2) is 65.7 Å². The van der Waals surface area contributed by atoms with E-state index in [0.717, 1.165) is 6.42 Å². The van der Waals surface area contributed by atoms with E-state index in [4.69, 9.17) is 4.74 Å². The lowest BCUT2D eigenvalue weighted by molar-refractivity contribution is 0.00573. The number of carboxylic acid groups (broad SMARTS) is 1. The molecule has 2 aliphatic rings. The number of sulfonamides is 1. The van der Waals surface area contributed by atoms with Crippen LogP contribution in [0, 0.1) is 5.92 Å². The number of ether oxygens (including phenoxy) is 1. The Hall–Kier alpha value is -3.70.